The summed E-state index contributed by atoms with van der Waals surface area (Å²) >= 11 is 0. The number of nitrogens with zero attached hydrogens (tertiary/aromatic N) is 1. The van der Waals surface area contributed by atoms with Gasteiger partial charge in [-0.3, -0.25) is 0 Å². The van der Waals surface area contributed by atoms with Crippen LogP contribution in [0.1, 0.15) is 37.7 Å². The van der Waals surface area contributed by atoms with Gasteiger partial charge in [0.25, 0.3) is 0 Å². The van der Waals surface area contributed by atoms with Crippen LogP contribution in [-0.4, -0.2) is 37.1 Å². The molecule has 1 saturated carbocycles. The fourth-order valence-electron chi connectivity index (χ4n) is 3.00. The molecular formula is C17H21NO4. The minimum atomic E-state index is -0.644. The number of oxime groups is 1. The number of carbonyl (C=O) groups is 1. The van der Waals surface area contributed by atoms with Gasteiger partial charge in [-0.1, -0.05) is 41.9 Å². The molecule has 0 aromatic heterocycles. The van der Waals surface area contributed by atoms with Gasteiger partial charge in [0, 0.05) is 13.5 Å². The average Bonchev–Trinajstić information content (AvgIpc) is 3.06. The molecule has 1 aromatic rings. The van der Waals surface area contributed by atoms with Crippen LogP contribution in [0.25, 0.3) is 0 Å². The second-order valence-corrected chi connectivity index (χ2v) is 5.74. The maximum absolute atomic E-state index is 12.3. The predicted octanol–water partition coefficient (Wildman–Crippen LogP) is 2.68. The van der Waals surface area contributed by atoms with Crippen molar-refractivity contribution in [1.29, 1.82) is 0 Å². The van der Waals surface area contributed by atoms with Crippen LogP contribution >= 0.6 is 0 Å². The number of carbonyl (C=O) groups excluding carboxylic acids is 1. The van der Waals surface area contributed by atoms with E-state index in [1.807, 2.05) is 30.3 Å². The van der Waals surface area contributed by atoms with Crippen LogP contribution in [0.4, 0.5) is 0 Å². The molecule has 5 nitrogen and oxygen atoms in total. The molecule has 0 unspecified atom stereocenters. The van der Waals surface area contributed by atoms with E-state index < -0.39 is 6.10 Å². The molecule has 1 aliphatic heterocycles. The molecule has 1 aromatic carbocycles. The van der Waals surface area contributed by atoms with E-state index >= 15 is 0 Å². The molecule has 5 heteroatoms. The Balaban J connectivity index is 1.56. The lowest BCUT2D eigenvalue weighted by Gasteiger charge is -2.30. The summed E-state index contributed by atoms with van der Waals surface area (Å²) in [6.45, 7) is 0. The van der Waals surface area contributed by atoms with Crippen molar-refractivity contribution in [3.63, 3.8) is 0 Å². The Bertz CT molecular complexity index is 543. The Morgan fingerprint density at radius 1 is 1.18 bits per heavy atom. The van der Waals surface area contributed by atoms with Crippen molar-refractivity contribution in [3.8, 4) is 0 Å². The summed E-state index contributed by atoms with van der Waals surface area (Å²) in [4.78, 5) is 17.5. The summed E-state index contributed by atoms with van der Waals surface area (Å²) < 4.78 is 11.0. The zero-order chi connectivity index (χ0) is 15.4. The minimum absolute atomic E-state index is 0.00591. The van der Waals surface area contributed by atoms with Gasteiger partial charge in [-0.2, -0.15) is 0 Å². The molecule has 0 saturated heterocycles. The van der Waals surface area contributed by atoms with E-state index in [-0.39, 0.29) is 18.2 Å². The van der Waals surface area contributed by atoms with Crippen LogP contribution in [0.5, 0.6) is 0 Å². The van der Waals surface area contributed by atoms with Gasteiger partial charge < -0.3 is 14.3 Å². The van der Waals surface area contributed by atoms with Gasteiger partial charge in [0.15, 0.2) is 0 Å². The van der Waals surface area contributed by atoms with Crippen molar-refractivity contribution in [1.82, 2.24) is 0 Å². The highest BCUT2D eigenvalue weighted by Crippen LogP contribution is 2.25. The Morgan fingerprint density at radius 3 is 2.64 bits per heavy atom. The molecule has 2 aliphatic rings. The van der Waals surface area contributed by atoms with Crippen LogP contribution in [0.15, 0.2) is 35.5 Å². The van der Waals surface area contributed by atoms with E-state index in [0.29, 0.717) is 6.42 Å². The van der Waals surface area contributed by atoms with E-state index in [4.69, 9.17) is 14.3 Å². The third kappa shape index (κ3) is 3.30. The summed E-state index contributed by atoms with van der Waals surface area (Å²) in [5.41, 5.74) is 1.76. The van der Waals surface area contributed by atoms with Gasteiger partial charge in [0.2, 0.25) is 6.10 Å². The summed E-state index contributed by atoms with van der Waals surface area (Å²) in [5, 5.41) is 4.03. The van der Waals surface area contributed by atoms with Gasteiger partial charge in [-0.15, -0.1) is 0 Å². The van der Waals surface area contributed by atoms with E-state index in [0.717, 1.165) is 37.0 Å². The molecule has 0 N–H and O–H groups in total. The van der Waals surface area contributed by atoms with Gasteiger partial charge in [0.05, 0.1) is 11.8 Å². The average molecular weight is 303 g/mol. The van der Waals surface area contributed by atoms with Crippen molar-refractivity contribution in [2.75, 3.05) is 7.11 Å². The van der Waals surface area contributed by atoms with Gasteiger partial charge >= 0.3 is 5.97 Å². The third-order valence-corrected chi connectivity index (χ3v) is 4.25. The van der Waals surface area contributed by atoms with E-state index in [9.17, 15) is 4.79 Å². The van der Waals surface area contributed by atoms with Crippen LogP contribution in [0.2, 0.25) is 0 Å². The van der Waals surface area contributed by atoms with E-state index in [2.05, 4.69) is 5.16 Å². The summed E-state index contributed by atoms with van der Waals surface area (Å²) in [6.07, 6.45) is 3.60. The molecule has 3 atom stereocenters. The Kier molecular flexibility index (Phi) is 4.73. The van der Waals surface area contributed by atoms with E-state index in [1.165, 1.54) is 0 Å². The Labute approximate surface area is 130 Å². The molecular weight excluding hydrogens is 282 g/mol. The molecule has 0 amide bonds. The molecule has 0 radical (unpaired) electrons. The number of hydrogen-bond acceptors (Lipinski definition) is 5. The van der Waals surface area contributed by atoms with Crippen LogP contribution in [-0.2, 0) is 19.1 Å². The lowest BCUT2D eigenvalue weighted by molar-refractivity contribution is -0.170. The first kappa shape index (κ1) is 15.0. The number of methoxy groups -OCH3 is 1. The molecule has 118 valence electrons. The highest BCUT2D eigenvalue weighted by atomic mass is 16.7. The zero-order valence-electron chi connectivity index (χ0n) is 12.7. The maximum atomic E-state index is 12.3. The number of ether oxygens (including phenoxy) is 2. The van der Waals surface area contributed by atoms with Gasteiger partial charge in [0.1, 0.15) is 6.10 Å². The first-order valence-electron chi connectivity index (χ1n) is 7.79. The molecule has 22 heavy (non-hydrogen) atoms. The number of hydrogen-bond donors (Lipinski definition) is 0. The SMILES string of the molecule is CO[C@@H]1CCCC[C@@H]1OC(=O)[C@H]1CC(c2ccccc2)=NO1. The van der Waals surface area contributed by atoms with Crippen LogP contribution in [0.3, 0.4) is 0 Å². The second-order valence-electron chi connectivity index (χ2n) is 5.74. The first-order valence-corrected chi connectivity index (χ1v) is 7.79. The molecule has 1 heterocycles. The quantitative estimate of drug-likeness (QED) is 0.802. The van der Waals surface area contributed by atoms with Crippen molar-refractivity contribution in [3.05, 3.63) is 35.9 Å². The summed E-state index contributed by atoms with van der Waals surface area (Å²) in [5.74, 6) is -0.344. The van der Waals surface area contributed by atoms with Crippen LogP contribution in [0, 0.1) is 0 Å². The Morgan fingerprint density at radius 2 is 1.91 bits per heavy atom. The summed E-state index contributed by atoms with van der Waals surface area (Å²) in [7, 11) is 1.67. The molecule has 1 fully saturated rings. The predicted molar refractivity (Wildman–Crippen MR) is 81.6 cm³/mol. The monoisotopic (exact) mass is 303 g/mol. The van der Waals surface area contributed by atoms with E-state index in [1.54, 1.807) is 7.11 Å². The number of rotatable bonds is 4. The van der Waals surface area contributed by atoms with Gasteiger partial charge in [-0.05, 0) is 24.8 Å². The smallest absolute Gasteiger partial charge is 0.350 e. The summed E-state index contributed by atoms with van der Waals surface area (Å²) in [6, 6.07) is 9.74. The molecule has 0 spiro atoms. The zero-order valence-corrected chi connectivity index (χ0v) is 12.7. The second kappa shape index (κ2) is 6.92. The lowest BCUT2D eigenvalue weighted by Crippen LogP contribution is -2.38. The van der Waals surface area contributed by atoms with Crippen molar-refractivity contribution >= 4 is 11.7 Å². The number of esters is 1. The van der Waals surface area contributed by atoms with Gasteiger partial charge in [-0.25, -0.2) is 4.79 Å². The van der Waals surface area contributed by atoms with Crippen molar-refractivity contribution < 1.29 is 19.1 Å². The largest absolute Gasteiger partial charge is 0.457 e. The normalized spacial score (nSPS) is 27.9. The standard InChI is InChI=1S/C17H21NO4/c1-20-14-9-5-6-10-15(14)21-17(19)16-11-13(18-22-16)12-7-3-2-4-8-12/h2-4,7-8,14-16H,5-6,9-11H2,1H3/t14-,15+,16-/m1/s1. The van der Waals surface area contributed by atoms with Crippen LogP contribution < -0.4 is 0 Å². The topological polar surface area (TPSA) is 57.1 Å². The molecule has 1 aliphatic carbocycles. The lowest BCUT2D eigenvalue weighted by atomic mass is 9.94. The fourth-order valence-corrected chi connectivity index (χ4v) is 3.00. The van der Waals surface area contributed by atoms with Crippen molar-refractivity contribution in [2.45, 2.75) is 50.4 Å². The first-order chi connectivity index (χ1) is 10.8. The fraction of sp³-hybridized carbons (Fsp3) is 0.529. The maximum Gasteiger partial charge on any atom is 0.350 e. The Hall–Kier alpha value is -1.88. The van der Waals surface area contributed by atoms with Crippen molar-refractivity contribution in [2.24, 2.45) is 5.16 Å². The number of benzene rings is 1. The molecule has 0 bridgehead atoms. The highest BCUT2D eigenvalue weighted by molar-refractivity contribution is 6.03. The highest BCUT2D eigenvalue weighted by Gasteiger charge is 2.35. The minimum Gasteiger partial charge on any atom is -0.457 e. The molecule has 3 rings (SSSR count). The third-order valence-electron chi connectivity index (χ3n) is 4.25.